The van der Waals surface area contributed by atoms with Crippen molar-refractivity contribution in [2.75, 3.05) is 30.4 Å². The Balaban J connectivity index is 2.24. The minimum absolute atomic E-state index is 0.0232. The zero-order valence-corrected chi connectivity index (χ0v) is 18.3. The number of anilines is 1. The molecule has 0 saturated carbocycles. The van der Waals surface area contributed by atoms with Crippen LogP contribution in [0.3, 0.4) is 0 Å². The first kappa shape index (κ1) is 22.7. The Kier molecular flexibility index (Phi) is 7.27. The van der Waals surface area contributed by atoms with Gasteiger partial charge in [0.05, 0.1) is 30.7 Å². The first-order valence-electron chi connectivity index (χ1n) is 9.41. The van der Waals surface area contributed by atoms with Crippen LogP contribution in [0, 0.1) is 25.2 Å². The summed E-state index contributed by atoms with van der Waals surface area (Å²) in [5, 5.41) is 12.5. The summed E-state index contributed by atoms with van der Waals surface area (Å²) in [7, 11) is -3.15. The second kappa shape index (κ2) is 9.29. The number of amides is 1. The molecule has 0 radical (unpaired) electrons. The van der Waals surface area contributed by atoms with Crippen LogP contribution >= 0.6 is 0 Å². The predicted molar refractivity (Wildman–Crippen MR) is 111 cm³/mol. The van der Waals surface area contributed by atoms with Gasteiger partial charge in [0.1, 0.15) is 27.5 Å². The molecule has 2 rings (SSSR count). The molecule has 0 aliphatic heterocycles. The summed E-state index contributed by atoms with van der Waals surface area (Å²) in [6.07, 6.45) is 2.76. The molecule has 0 spiro atoms. The van der Waals surface area contributed by atoms with Crippen LogP contribution in [0.1, 0.15) is 36.4 Å². The third-order valence-electron chi connectivity index (χ3n) is 5.01. The Morgan fingerprint density at radius 3 is 2.62 bits per heavy atom. The molecule has 0 saturated heterocycles. The number of nitrogens with zero attached hydrogens (tertiary/aromatic N) is 3. The summed E-state index contributed by atoms with van der Waals surface area (Å²) in [6.45, 7) is 8.34. The maximum absolute atomic E-state index is 12.7. The Labute approximate surface area is 172 Å². The van der Waals surface area contributed by atoms with Crippen LogP contribution in [0.4, 0.5) is 5.82 Å². The van der Waals surface area contributed by atoms with Crippen LogP contribution in [0.5, 0.6) is 0 Å². The third kappa shape index (κ3) is 5.71. The average molecular weight is 421 g/mol. The molecule has 1 unspecified atom stereocenters. The molecule has 158 valence electrons. The van der Waals surface area contributed by atoms with Gasteiger partial charge in [-0.05, 0) is 45.0 Å². The van der Waals surface area contributed by atoms with Crippen LogP contribution in [-0.4, -0.2) is 54.9 Å². The number of carbonyl (C=O) groups excluding carboxylic acids is 1. The number of carbonyl (C=O) groups is 1. The van der Waals surface area contributed by atoms with Crippen LogP contribution < -0.4 is 5.32 Å². The van der Waals surface area contributed by atoms with Gasteiger partial charge in [-0.2, -0.15) is 5.26 Å². The molecule has 2 aromatic rings. The van der Waals surface area contributed by atoms with Gasteiger partial charge in [-0.1, -0.05) is 6.92 Å². The Morgan fingerprint density at radius 1 is 1.41 bits per heavy atom. The van der Waals surface area contributed by atoms with E-state index in [2.05, 4.69) is 11.4 Å². The van der Waals surface area contributed by atoms with Crippen LogP contribution in [0.25, 0.3) is 0 Å². The fourth-order valence-corrected chi connectivity index (χ4v) is 4.45. The SMILES string of the molecule is CCN(CC(=O)Nc1c(C#N)c(C)c(C)n1Cc1ccco1)C(C)CS(C)(=O)=O. The van der Waals surface area contributed by atoms with Crippen LogP contribution in [0.2, 0.25) is 0 Å². The highest BCUT2D eigenvalue weighted by molar-refractivity contribution is 7.90. The minimum atomic E-state index is -3.15. The zero-order chi connectivity index (χ0) is 21.8. The number of sulfone groups is 1. The van der Waals surface area contributed by atoms with Gasteiger partial charge in [-0.25, -0.2) is 8.42 Å². The molecular weight excluding hydrogens is 392 g/mol. The lowest BCUT2D eigenvalue weighted by Crippen LogP contribution is -2.42. The van der Waals surface area contributed by atoms with Gasteiger partial charge < -0.3 is 14.3 Å². The molecule has 1 N–H and O–H groups in total. The highest BCUT2D eigenvalue weighted by Crippen LogP contribution is 2.27. The van der Waals surface area contributed by atoms with Crippen molar-refractivity contribution in [2.45, 2.75) is 40.3 Å². The van der Waals surface area contributed by atoms with E-state index >= 15 is 0 Å². The van der Waals surface area contributed by atoms with Crippen molar-refractivity contribution < 1.29 is 17.6 Å². The molecule has 2 heterocycles. The van der Waals surface area contributed by atoms with E-state index in [9.17, 15) is 18.5 Å². The highest BCUT2D eigenvalue weighted by Gasteiger charge is 2.23. The van der Waals surface area contributed by atoms with E-state index in [4.69, 9.17) is 4.42 Å². The highest BCUT2D eigenvalue weighted by atomic mass is 32.2. The second-order valence-corrected chi connectivity index (χ2v) is 9.45. The van der Waals surface area contributed by atoms with Gasteiger partial charge in [0, 0.05) is 18.0 Å². The fourth-order valence-electron chi connectivity index (χ4n) is 3.37. The largest absolute Gasteiger partial charge is 0.467 e. The van der Waals surface area contributed by atoms with Crippen molar-refractivity contribution in [3.63, 3.8) is 0 Å². The molecule has 0 aromatic carbocycles. The molecule has 2 aromatic heterocycles. The molecular formula is C20H28N4O4S. The topological polar surface area (TPSA) is 108 Å². The number of aromatic nitrogens is 1. The summed E-state index contributed by atoms with van der Waals surface area (Å²) in [5.74, 6) is 0.808. The number of furan rings is 1. The van der Waals surface area contributed by atoms with Gasteiger partial charge in [-0.15, -0.1) is 0 Å². The van der Waals surface area contributed by atoms with Crippen molar-refractivity contribution >= 4 is 21.6 Å². The van der Waals surface area contributed by atoms with E-state index in [0.717, 1.165) is 11.3 Å². The minimum Gasteiger partial charge on any atom is -0.467 e. The maximum atomic E-state index is 12.7. The smallest absolute Gasteiger partial charge is 0.239 e. The van der Waals surface area contributed by atoms with E-state index in [1.807, 2.05) is 31.4 Å². The molecule has 29 heavy (non-hydrogen) atoms. The maximum Gasteiger partial charge on any atom is 0.239 e. The van der Waals surface area contributed by atoms with Crippen molar-refractivity contribution in [2.24, 2.45) is 0 Å². The summed E-state index contributed by atoms with van der Waals surface area (Å²) >= 11 is 0. The fraction of sp³-hybridized carbons (Fsp3) is 0.500. The van der Waals surface area contributed by atoms with Gasteiger partial charge in [-0.3, -0.25) is 9.69 Å². The second-order valence-electron chi connectivity index (χ2n) is 7.26. The lowest BCUT2D eigenvalue weighted by molar-refractivity contribution is -0.117. The number of hydrogen-bond acceptors (Lipinski definition) is 6. The lowest BCUT2D eigenvalue weighted by Gasteiger charge is -2.26. The lowest BCUT2D eigenvalue weighted by atomic mass is 10.2. The van der Waals surface area contributed by atoms with Crippen LogP contribution in [-0.2, 0) is 21.2 Å². The van der Waals surface area contributed by atoms with Crippen molar-refractivity contribution in [3.05, 3.63) is 41.0 Å². The predicted octanol–water partition coefficient (Wildman–Crippen LogP) is 2.31. The normalized spacial score (nSPS) is 12.7. The van der Waals surface area contributed by atoms with Crippen molar-refractivity contribution in [3.8, 4) is 6.07 Å². The van der Waals surface area contributed by atoms with E-state index in [0.29, 0.717) is 30.2 Å². The summed E-state index contributed by atoms with van der Waals surface area (Å²) in [5.41, 5.74) is 2.08. The Morgan fingerprint density at radius 2 is 2.10 bits per heavy atom. The van der Waals surface area contributed by atoms with Gasteiger partial charge in [0.15, 0.2) is 0 Å². The first-order chi connectivity index (χ1) is 13.6. The number of hydrogen-bond donors (Lipinski definition) is 1. The first-order valence-corrected chi connectivity index (χ1v) is 11.5. The molecule has 1 amide bonds. The Hall–Kier alpha value is -2.57. The van der Waals surface area contributed by atoms with E-state index in [1.165, 1.54) is 6.26 Å². The number of likely N-dealkylation sites (N-methyl/N-ethyl adjacent to an activating group) is 1. The number of rotatable bonds is 9. The number of nitriles is 1. The number of nitrogens with one attached hydrogen (secondary N) is 1. The van der Waals surface area contributed by atoms with Gasteiger partial charge >= 0.3 is 0 Å². The zero-order valence-electron chi connectivity index (χ0n) is 17.5. The van der Waals surface area contributed by atoms with Crippen molar-refractivity contribution in [1.82, 2.24) is 9.47 Å². The van der Waals surface area contributed by atoms with E-state index < -0.39 is 9.84 Å². The standard InChI is InChI=1S/C20H28N4O4S/c1-6-23(14(2)13-29(5,26)27)12-19(25)22-20-18(10-21)15(3)16(4)24(20)11-17-8-7-9-28-17/h7-9,14H,6,11-13H2,1-5H3,(H,22,25). The van der Waals surface area contributed by atoms with E-state index in [-0.39, 0.29) is 24.2 Å². The van der Waals surface area contributed by atoms with Crippen LogP contribution in [0.15, 0.2) is 22.8 Å². The summed E-state index contributed by atoms with van der Waals surface area (Å²) in [4.78, 5) is 14.5. The molecule has 1 atom stereocenters. The molecule has 0 bridgehead atoms. The molecule has 9 heteroatoms. The summed E-state index contributed by atoms with van der Waals surface area (Å²) < 4.78 is 30.4. The average Bonchev–Trinajstić information content (AvgIpc) is 3.21. The molecule has 0 aliphatic rings. The molecule has 0 aliphatic carbocycles. The van der Waals surface area contributed by atoms with Crippen molar-refractivity contribution in [1.29, 1.82) is 5.26 Å². The Bertz CT molecular complexity index is 1000. The van der Waals surface area contributed by atoms with Gasteiger partial charge in [0.2, 0.25) is 5.91 Å². The monoisotopic (exact) mass is 420 g/mol. The summed E-state index contributed by atoms with van der Waals surface area (Å²) in [6, 6.07) is 5.49. The molecule has 0 fully saturated rings. The third-order valence-corrected chi connectivity index (χ3v) is 6.10. The van der Waals surface area contributed by atoms with E-state index in [1.54, 1.807) is 24.2 Å². The molecule has 8 nitrogen and oxygen atoms in total. The quantitative estimate of drug-likeness (QED) is 0.667. The van der Waals surface area contributed by atoms with Gasteiger partial charge in [0.25, 0.3) is 0 Å².